The van der Waals surface area contributed by atoms with Crippen LogP contribution in [-0.4, -0.2) is 30.6 Å². The average molecular weight is 242 g/mol. The summed E-state index contributed by atoms with van der Waals surface area (Å²) in [6, 6.07) is 0.742. The summed E-state index contributed by atoms with van der Waals surface area (Å²) >= 11 is 0. The van der Waals surface area contributed by atoms with Gasteiger partial charge in [0.15, 0.2) is 0 Å². The molecule has 0 aliphatic rings. The van der Waals surface area contributed by atoms with Gasteiger partial charge >= 0.3 is 0 Å². The number of unbranched alkanes of at least 4 members (excludes halogenated alkanes) is 1. The molecule has 2 N–H and O–H groups in total. The molecule has 0 rings (SSSR count). The van der Waals surface area contributed by atoms with Gasteiger partial charge in [-0.1, -0.05) is 27.2 Å². The molecule has 2 heteroatoms. The van der Waals surface area contributed by atoms with Crippen molar-refractivity contribution in [1.82, 2.24) is 4.90 Å². The minimum absolute atomic E-state index is 0.742. The summed E-state index contributed by atoms with van der Waals surface area (Å²) in [6.45, 7) is 12.6. The molecule has 0 fully saturated rings. The molecule has 0 saturated heterocycles. The van der Waals surface area contributed by atoms with Crippen LogP contribution < -0.4 is 5.73 Å². The maximum atomic E-state index is 5.59. The number of nitrogens with zero attached hydrogens (tertiary/aromatic N) is 1. The van der Waals surface area contributed by atoms with Gasteiger partial charge in [0.05, 0.1) is 0 Å². The third-order valence-corrected chi connectivity index (χ3v) is 3.81. The van der Waals surface area contributed by atoms with E-state index in [9.17, 15) is 0 Å². The van der Waals surface area contributed by atoms with Crippen LogP contribution in [0.3, 0.4) is 0 Å². The predicted molar refractivity (Wildman–Crippen MR) is 78.3 cm³/mol. The van der Waals surface area contributed by atoms with Crippen LogP contribution in [0.5, 0.6) is 0 Å². The maximum absolute atomic E-state index is 5.59. The van der Waals surface area contributed by atoms with Gasteiger partial charge in [-0.25, -0.2) is 0 Å². The lowest BCUT2D eigenvalue weighted by atomic mass is 10.0. The molecule has 104 valence electrons. The van der Waals surface area contributed by atoms with E-state index >= 15 is 0 Å². The van der Waals surface area contributed by atoms with Gasteiger partial charge in [0, 0.05) is 6.04 Å². The zero-order chi connectivity index (χ0) is 13.1. The van der Waals surface area contributed by atoms with Crippen LogP contribution in [0.1, 0.15) is 66.2 Å². The summed E-state index contributed by atoms with van der Waals surface area (Å²) in [5.41, 5.74) is 5.59. The second-order valence-corrected chi connectivity index (χ2v) is 5.47. The van der Waals surface area contributed by atoms with Crippen molar-refractivity contribution in [3.63, 3.8) is 0 Å². The summed E-state index contributed by atoms with van der Waals surface area (Å²) in [5.74, 6) is 0.796. The third kappa shape index (κ3) is 8.62. The number of hydrogen-bond donors (Lipinski definition) is 1. The van der Waals surface area contributed by atoms with Gasteiger partial charge in [-0.15, -0.1) is 0 Å². The zero-order valence-electron chi connectivity index (χ0n) is 12.5. The first-order chi connectivity index (χ1) is 8.15. The minimum atomic E-state index is 0.742. The van der Waals surface area contributed by atoms with Crippen LogP contribution >= 0.6 is 0 Å². The van der Waals surface area contributed by atoms with E-state index in [1.165, 1.54) is 51.6 Å². The highest BCUT2D eigenvalue weighted by Crippen LogP contribution is 2.12. The van der Waals surface area contributed by atoms with Crippen LogP contribution in [0.15, 0.2) is 0 Å². The van der Waals surface area contributed by atoms with Crippen molar-refractivity contribution in [2.45, 2.75) is 72.3 Å². The van der Waals surface area contributed by atoms with Crippen LogP contribution in [0.2, 0.25) is 0 Å². The van der Waals surface area contributed by atoms with Crippen molar-refractivity contribution in [3.8, 4) is 0 Å². The van der Waals surface area contributed by atoms with E-state index in [0.717, 1.165) is 18.5 Å². The largest absolute Gasteiger partial charge is 0.330 e. The first-order valence-electron chi connectivity index (χ1n) is 7.59. The molecule has 0 bridgehead atoms. The molecule has 0 amide bonds. The van der Waals surface area contributed by atoms with E-state index in [2.05, 4.69) is 32.6 Å². The molecule has 0 aromatic heterocycles. The molecule has 0 saturated carbocycles. The fourth-order valence-electron chi connectivity index (χ4n) is 2.24. The number of nitrogens with two attached hydrogens (primary N) is 1. The van der Waals surface area contributed by atoms with Gasteiger partial charge < -0.3 is 10.6 Å². The van der Waals surface area contributed by atoms with Crippen molar-refractivity contribution in [1.29, 1.82) is 0 Å². The monoisotopic (exact) mass is 242 g/mol. The lowest BCUT2D eigenvalue weighted by Crippen LogP contribution is -2.34. The summed E-state index contributed by atoms with van der Waals surface area (Å²) in [7, 11) is 0. The Morgan fingerprint density at radius 3 is 2.18 bits per heavy atom. The van der Waals surface area contributed by atoms with Crippen LogP contribution in [-0.2, 0) is 0 Å². The summed E-state index contributed by atoms with van der Waals surface area (Å²) in [4.78, 5) is 2.67. The Labute approximate surface area is 109 Å². The van der Waals surface area contributed by atoms with E-state index in [1.807, 2.05) is 0 Å². The van der Waals surface area contributed by atoms with Crippen molar-refractivity contribution in [2.75, 3.05) is 19.6 Å². The van der Waals surface area contributed by atoms with Crippen molar-refractivity contribution in [2.24, 2.45) is 11.7 Å². The van der Waals surface area contributed by atoms with E-state index in [4.69, 9.17) is 5.73 Å². The van der Waals surface area contributed by atoms with Gasteiger partial charge in [-0.3, -0.25) is 0 Å². The van der Waals surface area contributed by atoms with Crippen molar-refractivity contribution >= 4 is 0 Å². The second kappa shape index (κ2) is 11.0. The maximum Gasteiger partial charge on any atom is 0.00643 e. The van der Waals surface area contributed by atoms with E-state index < -0.39 is 0 Å². The number of hydrogen-bond acceptors (Lipinski definition) is 2. The molecule has 0 heterocycles. The topological polar surface area (TPSA) is 29.3 Å². The quantitative estimate of drug-likeness (QED) is 0.599. The highest BCUT2D eigenvalue weighted by molar-refractivity contribution is 4.66. The van der Waals surface area contributed by atoms with E-state index in [0.29, 0.717) is 0 Å². The van der Waals surface area contributed by atoms with Crippen molar-refractivity contribution < 1.29 is 0 Å². The van der Waals surface area contributed by atoms with Gasteiger partial charge in [-0.05, 0) is 64.6 Å². The first-order valence-corrected chi connectivity index (χ1v) is 7.59. The molecule has 17 heavy (non-hydrogen) atoms. The van der Waals surface area contributed by atoms with E-state index in [-0.39, 0.29) is 0 Å². The molecule has 0 aliphatic carbocycles. The second-order valence-electron chi connectivity index (χ2n) is 5.47. The molecule has 2 nitrogen and oxygen atoms in total. The molecule has 2 unspecified atom stereocenters. The van der Waals surface area contributed by atoms with Crippen LogP contribution in [0.25, 0.3) is 0 Å². The van der Waals surface area contributed by atoms with Crippen molar-refractivity contribution in [3.05, 3.63) is 0 Å². The summed E-state index contributed by atoms with van der Waals surface area (Å²) < 4.78 is 0. The molecule has 0 spiro atoms. The highest BCUT2D eigenvalue weighted by atomic mass is 15.1. The van der Waals surface area contributed by atoms with Crippen LogP contribution in [0, 0.1) is 5.92 Å². The summed E-state index contributed by atoms with van der Waals surface area (Å²) in [5, 5.41) is 0. The Kier molecular flexibility index (Phi) is 11.0. The Bertz CT molecular complexity index is 159. The van der Waals surface area contributed by atoms with Gasteiger partial charge in [0.1, 0.15) is 0 Å². The molecule has 0 aromatic rings. The SMILES string of the molecule is CCCCN(CCCC(C)CCN)C(C)CC. The third-order valence-electron chi connectivity index (χ3n) is 3.81. The Morgan fingerprint density at radius 2 is 1.65 bits per heavy atom. The molecule has 0 aliphatic heterocycles. The number of rotatable bonds is 11. The normalized spacial score (nSPS) is 15.2. The van der Waals surface area contributed by atoms with Gasteiger partial charge in [0.2, 0.25) is 0 Å². The molecule has 0 radical (unpaired) electrons. The zero-order valence-corrected chi connectivity index (χ0v) is 12.5. The lowest BCUT2D eigenvalue weighted by Gasteiger charge is -2.28. The van der Waals surface area contributed by atoms with Gasteiger partial charge in [0.25, 0.3) is 0 Å². The standard InChI is InChI=1S/C15H34N2/c1-5-7-12-17(15(4)6-2)13-8-9-14(3)10-11-16/h14-15H,5-13,16H2,1-4H3. The molecular formula is C15H34N2. The minimum Gasteiger partial charge on any atom is -0.330 e. The Hall–Kier alpha value is -0.0800. The molecular weight excluding hydrogens is 208 g/mol. The van der Waals surface area contributed by atoms with E-state index in [1.54, 1.807) is 0 Å². The smallest absolute Gasteiger partial charge is 0.00643 e. The Morgan fingerprint density at radius 1 is 1.00 bits per heavy atom. The predicted octanol–water partition coefficient (Wildman–Crippen LogP) is 3.65. The fraction of sp³-hybridized carbons (Fsp3) is 1.00. The molecule has 0 aromatic carbocycles. The average Bonchev–Trinajstić information content (AvgIpc) is 2.32. The summed E-state index contributed by atoms with van der Waals surface area (Å²) in [6.07, 6.45) is 7.74. The Balaban J connectivity index is 3.82. The van der Waals surface area contributed by atoms with Gasteiger partial charge in [-0.2, -0.15) is 0 Å². The molecule has 2 atom stereocenters. The van der Waals surface area contributed by atoms with Crippen LogP contribution in [0.4, 0.5) is 0 Å². The lowest BCUT2D eigenvalue weighted by molar-refractivity contribution is 0.193. The first kappa shape index (κ1) is 16.9. The highest BCUT2D eigenvalue weighted by Gasteiger charge is 2.11. The fourth-order valence-corrected chi connectivity index (χ4v) is 2.24.